The molecule has 3 atom stereocenters. The van der Waals surface area contributed by atoms with Crippen molar-refractivity contribution in [2.24, 2.45) is 17.6 Å². The largest absolute Gasteiger partial charge is 0.436 e. The molecule has 1 heterocycles. The van der Waals surface area contributed by atoms with Gasteiger partial charge in [-0.3, -0.25) is 14.4 Å². The van der Waals surface area contributed by atoms with Crippen LogP contribution < -0.4 is 16.4 Å². The molecule has 1 fully saturated rings. The first-order valence-corrected chi connectivity index (χ1v) is 8.40. The van der Waals surface area contributed by atoms with Crippen molar-refractivity contribution in [1.29, 1.82) is 0 Å². The van der Waals surface area contributed by atoms with Crippen LogP contribution in [0.2, 0.25) is 0 Å². The molecule has 0 aromatic heterocycles. The monoisotopic (exact) mass is 361 g/mol. The van der Waals surface area contributed by atoms with Crippen molar-refractivity contribution in [2.45, 2.75) is 45.3 Å². The van der Waals surface area contributed by atoms with Crippen molar-refractivity contribution in [3.05, 3.63) is 0 Å². The number of nitrogens with two attached hydrogens (primary N) is 1. The Bertz CT molecular complexity index is 498. The number of carbonyl (C=O) groups excluding carboxylic acids is 4. The van der Waals surface area contributed by atoms with Gasteiger partial charge in [0.25, 0.3) is 5.91 Å². The van der Waals surface area contributed by atoms with Gasteiger partial charge in [-0.15, -0.1) is 11.6 Å². The molecule has 1 saturated heterocycles. The molecular formula is C15H24ClN3O5. The Hall–Kier alpha value is -1.83. The molecule has 0 aliphatic carbocycles. The van der Waals surface area contributed by atoms with Crippen molar-refractivity contribution < 1.29 is 23.9 Å². The van der Waals surface area contributed by atoms with Gasteiger partial charge in [-0.25, -0.2) is 4.79 Å². The van der Waals surface area contributed by atoms with E-state index < -0.39 is 29.9 Å². The standard InChI is InChI=1S/C15H24ClN3O5/c1-8(2)5-12(24-15(17)23)14(22)19-10(11(20)7-16)6-9-3-4-18-13(9)21/h8-10,12H,3-7H2,1-2H3,(H2,17,23)(H,18,21)(H,19,22). The van der Waals surface area contributed by atoms with Gasteiger partial charge in [0.1, 0.15) is 0 Å². The predicted molar refractivity (Wildman–Crippen MR) is 87.3 cm³/mol. The lowest BCUT2D eigenvalue weighted by Crippen LogP contribution is -2.49. The van der Waals surface area contributed by atoms with E-state index in [0.717, 1.165) is 0 Å². The number of alkyl halides is 1. The van der Waals surface area contributed by atoms with Gasteiger partial charge in [0.05, 0.1) is 11.9 Å². The minimum atomic E-state index is -1.09. The fourth-order valence-electron chi connectivity index (χ4n) is 2.56. The van der Waals surface area contributed by atoms with Gasteiger partial charge in [0.2, 0.25) is 5.91 Å². The van der Waals surface area contributed by atoms with E-state index in [1.165, 1.54) is 0 Å². The second-order valence-electron chi connectivity index (χ2n) is 6.23. The number of hydrogen-bond acceptors (Lipinski definition) is 5. The summed E-state index contributed by atoms with van der Waals surface area (Å²) < 4.78 is 4.83. The third-order valence-electron chi connectivity index (χ3n) is 3.76. The summed E-state index contributed by atoms with van der Waals surface area (Å²) in [4.78, 5) is 47.0. The highest BCUT2D eigenvalue weighted by molar-refractivity contribution is 6.28. The molecule has 0 aromatic rings. The summed E-state index contributed by atoms with van der Waals surface area (Å²) in [5.41, 5.74) is 4.99. The first-order chi connectivity index (χ1) is 11.2. The zero-order chi connectivity index (χ0) is 18.3. The van der Waals surface area contributed by atoms with Crippen LogP contribution in [0.1, 0.15) is 33.1 Å². The number of amides is 3. The molecule has 3 amide bonds. The molecule has 24 heavy (non-hydrogen) atoms. The van der Waals surface area contributed by atoms with Gasteiger partial charge in [-0.05, 0) is 25.2 Å². The molecule has 3 unspecified atom stereocenters. The Kier molecular flexibility index (Phi) is 7.97. The second-order valence-corrected chi connectivity index (χ2v) is 6.50. The molecule has 0 saturated carbocycles. The fourth-order valence-corrected chi connectivity index (χ4v) is 2.75. The first kappa shape index (κ1) is 20.2. The van der Waals surface area contributed by atoms with Crippen LogP contribution in [0.25, 0.3) is 0 Å². The number of hydrogen-bond donors (Lipinski definition) is 3. The van der Waals surface area contributed by atoms with Gasteiger partial charge in [-0.1, -0.05) is 13.8 Å². The van der Waals surface area contributed by atoms with E-state index in [2.05, 4.69) is 10.6 Å². The lowest BCUT2D eigenvalue weighted by molar-refractivity contribution is -0.134. The van der Waals surface area contributed by atoms with Crippen LogP contribution in [0.15, 0.2) is 0 Å². The van der Waals surface area contributed by atoms with Gasteiger partial charge in [0.15, 0.2) is 11.9 Å². The summed E-state index contributed by atoms with van der Waals surface area (Å²) in [7, 11) is 0. The van der Waals surface area contributed by atoms with Crippen LogP contribution in [-0.2, 0) is 19.1 Å². The minimum Gasteiger partial charge on any atom is -0.436 e. The zero-order valence-electron chi connectivity index (χ0n) is 13.8. The fraction of sp³-hybridized carbons (Fsp3) is 0.733. The molecular weight excluding hydrogens is 338 g/mol. The van der Waals surface area contributed by atoms with Crippen LogP contribution in [0.3, 0.4) is 0 Å². The van der Waals surface area contributed by atoms with Crippen molar-refractivity contribution in [1.82, 2.24) is 10.6 Å². The number of Topliss-reactive ketones (excluding diaryl/α,β-unsaturated/α-hetero) is 1. The van der Waals surface area contributed by atoms with Crippen LogP contribution >= 0.6 is 11.6 Å². The van der Waals surface area contributed by atoms with Crippen LogP contribution in [-0.4, -0.2) is 48.3 Å². The molecule has 4 N–H and O–H groups in total. The lowest BCUT2D eigenvalue weighted by Gasteiger charge is -2.23. The number of halogens is 1. The Morgan fingerprint density at radius 3 is 2.54 bits per heavy atom. The van der Waals surface area contributed by atoms with Crippen LogP contribution in [0.4, 0.5) is 4.79 Å². The number of rotatable bonds is 9. The molecule has 0 spiro atoms. The van der Waals surface area contributed by atoms with Gasteiger partial charge >= 0.3 is 6.09 Å². The Morgan fingerprint density at radius 2 is 2.08 bits per heavy atom. The predicted octanol–water partition coefficient (Wildman–Crippen LogP) is 0.315. The second kappa shape index (κ2) is 9.46. The maximum absolute atomic E-state index is 12.4. The number of carbonyl (C=O) groups is 4. The maximum atomic E-state index is 12.4. The highest BCUT2D eigenvalue weighted by Crippen LogP contribution is 2.18. The van der Waals surface area contributed by atoms with Gasteiger partial charge in [-0.2, -0.15) is 0 Å². The van der Waals surface area contributed by atoms with E-state index in [9.17, 15) is 19.2 Å². The highest BCUT2D eigenvalue weighted by atomic mass is 35.5. The maximum Gasteiger partial charge on any atom is 0.405 e. The molecule has 9 heteroatoms. The summed E-state index contributed by atoms with van der Waals surface area (Å²) >= 11 is 5.59. The molecule has 1 rings (SSSR count). The molecule has 136 valence electrons. The third-order valence-corrected chi connectivity index (χ3v) is 4.02. The van der Waals surface area contributed by atoms with E-state index in [-0.39, 0.29) is 36.5 Å². The van der Waals surface area contributed by atoms with Crippen LogP contribution in [0, 0.1) is 11.8 Å². The molecule has 1 aliphatic heterocycles. The lowest BCUT2D eigenvalue weighted by atomic mass is 9.95. The smallest absolute Gasteiger partial charge is 0.405 e. The number of primary amides is 1. The van der Waals surface area contributed by atoms with Crippen molar-refractivity contribution in [3.63, 3.8) is 0 Å². The average Bonchev–Trinajstić information content (AvgIpc) is 2.89. The molecule has 8 nitrogen and oxygen atoms in total. The van der Waals surface area contributed by atoms with Gasteiger partial charge in [0, 0.05) is 12.5 Å². The Labute approximate surface area is 145 Å². The van der Waals surface area contributed by atoms with E-state index in [1.54, 1.807) is 0 Å². The minimum absolute atomic E-state index is 0.0721. The molecule has 0 aromatic carbocycles. The van der Waals surface area contributed by atoms with E-state index >= 15 is 0 Å². The van der Waals surface area contributed by atoms with E-state index in [1.807, 2.05) is 13.8 Å². The van der Waals surface area contributed by atoms with Crippen molar-refractivity contribution in [3.8, 4) is 0 Å². The first-order valence-electron chi connectivity index (χ1n) is 7.87. The highest BCUT2D eigenvalue weighted by Gasteiger charge is 2.33. The summed E-state index contributed by atoms with van der Waals surface area (Å²) in [5, 5.41) is 5.22. The summed E-state index contributed by atoms with van der Waals surface area (Å²) in [6.07, 6.45) is -1.14. The molecule has 0 radical (unpaired) electrons. The molecule has 0 bridgehead atoms. The third kappa shape index (κ3) is 6.35. The number of nitrogens with one attached hydrogen (secondary N) is 2. The van der Waals surface area contributed by atoms with E-state index in [4.69, 9.17) is 22.1 Å². The zero-order valence-corrected chi connectivity index (χ0v) is 14.6. The average molecular weight is 362 g/mol. The van der Waals surface area contributed by atoms with Crippen molar-refractivity contribution >= 4 is 35.3 Å². The SMILES string of the molecule is CC(C)CC(OC(N)=O)C(=O)NC(CC1CCNC1=O)C(=O)CCl. The van der Waals surface area contributed by atoms with Gasteiger partial charge < -0.3 is 21.1 Å². The normalized spacial score (nSPS) is 19.5. The quantitative estimate of drug-likeness (QED) is 0.509. The Balaban J connectivity index is 2.78. The number of ketones is 1. The summed E-state index contributed by atoms with van der Waals surface area (Å²) in [5.74, 6) is -1.74. The van der Waals surface area contributed by atoms with Crippen LogP contribution in [0.5, 0.6) is 0 Å². The Morgan fingerprint density at radius 1 is 1.42 bits per heavy atom. The molecule has 1 aliphatic rings. The van der Waals surface area contributed by atoms with Crippen molar-refractivity contribution in [2.75, 3.05) is 12.4 Å². The topological polar surface area (TPSA) is 128 Å². The van der Waals surface area contributed by atoms with E-state index in [0.29, 0.717) is 13.0 Å². The summed E-state index contributed by atoms with van der Waals surface area (Å²) in [6.45, 7) is 4.25. The number of ether oxygens (including phenoxy) is 1. The summed E-state index contributed by atoms with van der Waals surface area (Å²) in [6, 6.07) is -0.907.